The molecule has 2 rings (SSSR count). The summed E-state index contributed by atoms with van der Waals surface area (Å²) in [5.74, 6) is -0.546. The van der Waals surface area contributed by atoms with Gasteiger partial charge in [-0.25, -0.2) is 4.39 Å². The average Bonchev–Trinajstić information content (AvgIpc) is 2.62. The van der Waals surface area contributed by atoms with E-state index in [1.807, 2.05) is 11.9 Å². The largest absolute Gasteiger partial charge is 0.489 e. The van der Waals surface area contributed by atoms with E-state index in [1.165, 1.54) is 24.3 Å². The lowest BCUT2D eigenvalue weighted by Crippen LogP contribution is -2.28. The van der Waals surface area contributed by atoms with Crippen molar-refractivity contribution in [1.82, 2.24) is 4.90 Å². The highest BCUT2D eigenvalue weighted by molar-refractivity contribution is 5.93. The Bertz CT molecular complexity index is 770. The Balaban J connectivity index is 1.73. The van der Waals surface area contributed by atoms with Gasteiger partial charge in [0.25, 0.3) is 5.69 Å². The number of rotatable bonds is 9. The molecule has 0 fully saturated rings. The first-order chi connectivity index (χ1) is 12.5. The lowest BCUT2D eigenvalue weighted by molar-refractivity contribution is -0.383. The van der Waals surface area contributed by atoms with Crippen LogP contribution in [0.25, 0.3) is 0 Å². The smallest absolute Gasteiger partial charge is 0.292 e. The summed E-state index contributed by atoms with van der Waals surface area (Å²) in [7, 11) is 1.81. The molecule has 0 spiro atoms. The van der Waals surface area contributed by atoms with Gasteiger partial charge in [-0.3, -0.25) is 14.9 Å². The van der Waals surface area contributed by atoms with E-state index >= 15 is 0 Å². The zero-order chi connectivity index (χ0) is 18.9. The van der Waals surface area contributed by atoms with E-state index in [9.17, 15) is 19.3 Å². The molecule has 0 aliphatic heterocycles. The highest BCUT2D eigenvalue weighted by Gasteiger charge is 2.15. The number of ether oxygens (including phenoxy) is 1. The number of halogens is 1. The number of nitro groups is 1. The van der Waals surface area contributed by atoms with E-state index in [2.05, 4.69) is 5.32 Å². The van der Waals surface area contributed by atoms with E-state index in [4.69, 9.17) is 4.74 Å². The van der Waals surface area contributed by atoms with Crippen molar-refractivity contribution in [2.75, 3.05) is 32.1 Å². The van der Waals surface area contributed by atoms with Crippen molar-refractivity contribution in [3.05, 3.63) is 64.5 Å². The predicted molar refractivity (Wildman–Crippen MR) is 95.7 cm³/mol. The standard InChI is InChI=1S/C18H20FN3O4/c1-21(12-13-26-17-9-5-2-6-14(17)19)11-10-18(23)20-15-7-3-4-8-16(15)22(24)25/h2-9H,10-13H2,1H3,(H,20,23). The second-order valence-corrected chi connectivity index (χ2v) is 5.65. The van der Waals surface area contributed by atoms with Crippen LogP contribution in [0.15, 0.2) is 48.5 Å². The minimum atomic E-state index is -0.540. The van der Waals surface area contributed by atoms with Crippen molar-refractivity contribution in [3.8, 4) is 5.75 Å². The fraction of sp³-hybridized carbons (Fsp3) is 0.278. The average molecular weight is 361 g/mol. The molecule has 0 radical (unpaired) electrons. The van der Waals surface area contributed by atoms with Crippen molar-refractivity contribution in [1.29, 1.82) is 0 Å². The maximum atomic E-state index is 13.4. The minimum absolute atomic E-state index is 0.146. The van der Waals surface area contributed by atoms with Gasteiger partial charge in [0.05, 0.1) is 4.92 Å². The van der Waals surface area contributed by atoms with Crippen LogP contribution in [0.5, 0.6) is 5.75 Å². The van der Waals surface area contributed by atoms with Crippen LogP contribution in [0.2, 0.25) is 0 Å². The van der Waals surface area contributed by atoms with Crippen LogP contribution < -0.4 is 10.1 Å². The van der Waals surface area contributed by atoms with Crippen molar-refractivity contribution in [3.63, 3.8) is 0 Å². The first-order valence-electron chi connectivity index (χ1n) is 8.06. The van der Waals surface area contributed by atoms with E-state index in [1.54, 1.807) is 24.3 Å². The molecule has 8 heteroatoms. The van der Waals surface area contributed by atoms with Crippen LogP contribution in [0.3, 0.4) is 0 Å². The van der Waals surface area contributed by atoms with Gasteiger partial charge in [-0.05, 0) is 25.2 Å². The number of hydrogen-bond donors (Lipinski definition) is 1. The molecule has 1 N–H and O–H groups in total. The second kappa shape index (κ2) is 9.47. The van der Waals surface area contributed by atoms with Gasteiger partial charge in [0.2, 0.25) is 5.91 Å². The van der Waals surface area contributed by atoms with Crippen LogP contribution in [0.4, 0.5) is 15.8 Å². The van der Waals surface area contributed by atoms with Crippen LogP contribution in [-0.4, -0.2) is 42.5 Å². The molecule has 7 nitrogen and oxygen atoms in total. The highest BCUT2D eigenvalue weighted by atomic mass is 19.1. The normalized spacial score (nSPS) is 10.6. The van der Waals surface area contributed by atoms with E-state index < -0.39 is 10.7 Å². The SMILES string of the molecule is CN(CCOc1ccccc1F)CCC(=O)Nc1ccccc1[N+](=O)[O-]. The first-order valence-corrected chi connectivity index (χ1v) is 8.06. The van der Waals surface area contributed by atoms with Crippen LogP contribution >= 0.6 is 0 Å². The van der Waals surface area contributed by atoms with Crippen molar-refractivity contribution in [2.45, 2.75) is 6.42 Å². The summed E-state index contributed by atoms with van der Waals surface area (Å²) in [6.45, 7) is 1.23. The summed E-state index contributed by atoms with van der Waals surface area (Å²) in [5.41, 5.74) is 0.0283. The van der Waals surface area contributed by atoms with Gasteiger partial charge in [0.15, 0.2) is 11.6 Å². The van der Waals surface area contributed by atoms with Gasteiger partial charge in [-0.1, -0.05) is 24.3 Å². The van der Waals surface area contributed by atoms with Gasteiger partial charge in [-0.2, -0.15) is 0 Å². The molecule has 0 aromatic heterocycles. The van der Waals surface area contributed by atoms with Crippen LogP contribution in [0, 0.1) is 15.9 Å². The van der Waals surface area contributed by atoms with Gasteiger partial charge in [-0.15, -0.1) is 0 Å². The molecule has 138 valence electrons. The molecule has 0 saturated heterocycles. The first kappa shape index (κ1) is 19.3. The van der Waals surface area contributed by atoms with Gasteiger partial charge in [0, 0.05) is 25.6 Å². The van der Waals surface area contributed by atoms with E-state index in [0.717, 1.165) is 0 Å². The number of likely N-dealkylation sites (N-methyl/N-ethyl adjacent to an activating group) is 1. The topological polar surface area (TPSA) is 84.7 Å². The van der Waals surface area contributed by atoms with Gasteiger partial charge in [0.1, 0.15) is 12.3 Å². The monoisotopic (exact) mass is 361 g/mol. The molecule has 0 aliphatic carbocycles. The molecule has 0 unspecified atom stereocenters. The number of benzene rings is 2. The Morgan fingerprint density at radius 3 is 2.62 bits per heavy atom. The molecular weight excluding hydrogens is 341 g/mol. The Morgan fingerprint density at radius 1 is 1.19 bits per heavy atom. The molecule has 2 aromatic rings. The molecule has 26 heavy (non-hydrogen) atoms. The molecule has 0 atom stereocenters. The fourth-order valence-electron chi connectivity index (χ4n) is 2.23. The Labute approximate surface area is 150 Å². The molecule has 0 aliphatic rings. The molecular formula is C18H20FN3O4. The summed E-state index contributed by atoms with van der Waals surface area (Å²) in [4.78, 5) is 24.2. The Kier molecular flexibility index (Phi) is 7.04. The van der Waals surface area contributed by atoms with Crippen molar-refractivity contribution >= 4 is 17.3 Å². The van der Waals surface area contributed by atoms with Crippen LogP contribution in [-0.2, 0) is 4.79 Å². The maximum Gasteiger partial charge on any atom is 0.292 e. The van der Waals surface area contributed by atoms with Crippen molar-refractivity contribution in [2.24, 2.45) is 0 Å². The molecule has 1 amide bonds. The molecule has 0 heterocycles. The molecule has 2 aromatic carbocycles. The summed E-state index contributed by atoms with van der Waals surface area (Å²) in [6.07, 6.45) is 0.169. The summed E-state index contributed by atoms with van der Waals surface area (Å²) < 4.78 is 18.8. The number of carbonyl (C=O) groups excluding carboxylic acids is 1. The van der Waals surface area contributed by atoms with Gasteiger partial charge >= 0.3 is 0 Å². The number of nitro benzene ring substituents is 1. The highest BCUT2D eigenvalue weighted by Crippen LogP contribution is 2.23. The molecule has 0 bridgehead atoms. The third kappa shape index (κ3) is 5.82. The Morgan fingerprint density at radius 2 is 1.88 bits per heavy atom. The maximum absolute atomic E-state index is 13.4. The quantitative estimate of drug-likeness (QED) is 0.548. The Hall–Kier alpha value is -3.00. The number of hydrogen-bond acceptors (Lipinski definition) is 5. The third-order valence-electron chi connectivity index (χ3n) is 3.66. The number of para-hydroxylation sites is 3. The number of nitrogens with zero attached hydrogens (tertiary/aromatic N) is 2. The van der Waals surface area contributed by atoms with Crippen molar-refractivity contribution < 1.29 is 18.8 Å². The zero-order valence-electron chi connectivity index (χ0n) is 14.4. The lowest BCUT2D eigenvalue weighted by Gasteiger charge is -2.17. The minimum Gasteiger partial charge on any atom is -0.489 e. The predicted octanol–water partition coefficient (Wildman–Crippen LogP) is 3.07. The summed E-state index contributed by atoms with van der Waals surface area (Å²) in [5, 5.41) is 13.5. The number of amides is 1. The summed E-state index contributed by atoms with van der Waals surface area (Å²) >= 11 is 0. The third-order valence-corrected chi connectivity index (χ3v) is 3.66. The van der Waals surface area contributed by atoms with E-state index in [-0.39, 0.29) is 36.1 Å². The second-order valence-electron chi connectivity index (χ2n) is 5.65. The number of carbonyl (C=O) groups is 1. The zero-order valence-corrected chi connectivity index (χ0v) is 14.4. The summed E-state index contributed by atoms with van der Waals surface area (Å²) in [6, 6.07) is 12.1. The lowest BCUT2D eigenvalue weighted by atomic mass is 10.2. The fourth-order valence-corrected chi connectivity index (χ4v) is 2.23. The number of anilines is 1. The van der Waals surface area contributed by atoms with E-state index in [0.29, 0.717) is 13.1 Å². The molecule has 0 saturated carbocycles. The van der Waals surface area contributed by atoms with Crippen LogP contribution in [0.1, 0.15) is 6.42 Å². The number of nitrogens with one attached hydrogen (secondary N) is 1. The van der Waals surface area contributed by atoms with Gasteiger partial charge < -0.3 is 15.0 Å².